The Labute approximate surface area is 159 Å². The maximum Gasteiger partial charge on any atom is 0.243 e. The Kier molecular flexibility index (Phi) is 5.70. The van der Waals surface area contributed by atoms with Crippen molar-refractivity contribution in [1.82, 2.24) is 15.3 Å². The summed E-state index contributed by atoms with van der Waals surface area (Å²) in [4.78, 5) is 24.2. The largest absolute Gasteiger partial charge is 0.355 e. The molecule has 1 N–H and O–H groups in total. The van der Waals surface area contributed by atoms with Gasteiger partial charge in [0.15, 0.2) is 11.7 Å². The second-order valence-corrected chi connectivity index (χ2v) is 7.37. The topological polar surface area (TPSA) is 81.9 Å². The van der Waals surface area contributed by atoms with Gasteiger partial charge in [0.2, 0.25) is 5.91 Å². The summed E-state index contributed by atoms with van der Waals surface area (Å²) in [6.07, 6.45) is 2.75. The molecule has 2 heterocycles. The molecule has 0 spiro atoms. The summed E-state index contributed by atoms with van der Waals surface area (Å²) in [7, 11) is 0. The third kappa shape index (κ3) is 4.08. The van der Waals surface area contributed by atoms with E-state index in [2.05, 4.69) is 41.7 Å². The SMILES string of the molecule is C=CCNC(=O)[C@@H](C#N)c1nc2ccccc2nc1N1C[C@@H](C)C[C@H](C)C1. The summed E-state index contributed by atoms with van der Waals surface area (Å²) in [5, 5.41) is 12.4. The molecule has 140 valence electrons. The smallest absolute Gasteiger partial charge is 0.243 e. The quantitative estimate of drug-likeness (QED) is 0.826. The van der Waals surface area contributed by atoms with Crippen LogP contribution in [0.1, 0.15) is 31.9 Å². The van der Waals surface area contributed by atoms with E-state index in [1.807, 2.05) is 24.3 Å². The lowest BCUT2D eigenvalue weighted by molar-refractivity contribution is -0.121. The molecular weight excluding hydrogens is 338 g/mol. The van der Waals surface area contributed by atoms with E-state index in [-0.39, 0.29) is 5.91 Å². The second-order valence-electron chi connectivity index (χ2n) is 7.37. The molecule has 27 heavy (non-hydrogen) atoms. The molecule has 0 saturated carbocycles. The molecule has 0 bridgehead atoms. The number of rotatable bonds is 5. The van der Waals surface area contributed by atoms with Gasteiger partial charge in [-0.1, -0.05) is 32.1 Å². The first-order chi connectivity index (χ1) is 13.0. The molecule has 3 rings (SSSR count). The summed E-state index contributed by atoms with van der Waals surface area (Å²) >= 11 is 0. The second kappa shape index (κ2) is 8.17. The number of nitrogens with zero attached hydrogens (tertiary/aromatic N) is 4. The Balaban J connectivity index is 2.09. The Morgan fingerprint density at radius 3 is 2.56 bits per heavy atom. The lowest BCUT2D eigenvalue weighted by Crippen LogP contribution is -2.40. The van der Waals surface area contributed by atoms with Crippen LogP contribution in [-0.2, 0) is 4.79 Å². The minimum atomic E-state index is -1.01. The van der Waals surface area contributed by atoms with Gasteiger partial charge in [0, 0.05) is 19.6 Å². The molecule has 1 fully saturated rings. The van der Waals surface area contributed by atoms with Crippen LogP contribution in [-0.4, -0.2) is 35.5 Å². The van der Waals surface area contributed by atoms with Crippen molar-refractivity contribution in [2.24, 2.45) is 11.8 Å². The van der Waals surface area contributed by atoms with Crippen molar-refractivity contribution in [3.8, 4) is 6.07 Å². The highest BCUT2D eigenvalue weighted by atomic mass is 16.1. The number of hydrogen-bond donors (Lipinski definition) is 1. The molecule has 0 radical (unpaired) electrons. The van der Waals surface area contributed by atoms with E-state index in [9.17, 15) is 10.1 Å². The van der Waals surface area contributed by atoms with Gasteiger partial charge in [0.1, 0.15) is 5.69 Å². The first kappa shape index (κ1) is 18.8. The molecule has 3 atom stereocenters. The Morgan fingerprint density at radius 1 is 1.33 bits per heavy atom. The number of para-hydroxylation sites is 2. The highest BCUT2D eigenvalue weighted by Crippen LogP contribution is 2.31. The van der Waals surface area contributed by atoms with Crippen molar-refractivity contribution in [3.05, 3.63) is 42.6 Å². The van der Waals surface area contributed by atoms with Crippen LogP contribution >= 0.6 is 0 Å². The van der Waals surface area contributed by atoms with Crippen molar-refractivity contribution in [3.63, 3.8) is 0 Å². The van der Waals surface area contributed by atoms with Crippen LogP contribution in [0.15, 0.2) is 36.9 Å². The van der Waals surface area contributed by atoms with E-state index >= 15 is 0 Å². The molecule has 1 amide bonds. The highest BCUT2D eigenvalue weighted by molar-refractivity contribution is 5.89. The Hall–Kier alpha value is -2.94. The van der Waals surface area contributed by atoms with Crippen LogP contribution in [0, 0.1) is 23.2 Å². The number of nitriles is 1. The standard InChI is InChI=1S/C21H25N5O/c1-4-9-23-21(27)16(11-22)19-20(26-12-14(2)10-15(3)13-26)25-18-8-6-5-7-17(18)24-19/h4-8,14-16H,1,9-10,12-13H2,2-3H3,(H,23,27)/t14-,15-,16-/m0/s1. The molecule has 0 aliphatic carbocycles. The first-order valence-electron chi connectivity index (χ1n) is 9.33. The van der Waals surface area contributed by atoms with Gasteiger partial charge < -0.3 is 10.2 Å². The van der Waals surface area contributed by atoms with Gasteiger partial charge in [-0.2, -0.15) is 5.26 Å². The van der Waals surface area contributed by atoms with Crippen molar-refractivity contribution in [2.45, 2.75) is 26.2 Å². The van der Waals surface area contributed by atoms with E-state index in [1.165, 1.54) is 0 Å². The molecule has 1 aliphatic rings. The van der Waals surface area contributed by atoms with E-state index in [0.717, 1.165) is 25.0 Å². The normalized spacial score (nSPS) is 20.7. The third-order valence-electron chi connectivity index (χ3n) is 4.83. The van der Waals surface area contributed by atoms with Gasteiger partial charge >= 0.3 is 0 Å². The van der Waals surface area contributed by atoms with Gasteiger partial charge in [-0.05, 0) is 30.4 Å². The van der Waals surface area contributed by atoms with Crippen molar-refractivity contribution in [2.75, 3.05) is 24.5 Å². The number of benzene rings is 1. The van der Waals surface area contributed by atoms with E-state index in [4.69, 9.17) is 4.98 Å². The molecular formula is C21H25N5O. The summed E-state index contributed by atoms with van der Waals surface area (Å²) in [6, 6.07) is 9.68. The molecule has 1 aliphatic heterocycles. The molecule has 1 aromatic heterocycles. The average molecular weight is 363 g/mol. The summed E-state index contributed by atoms with van der Waals surface area (Å²) in [5.74, 6) is 0.299. The fourth-order valence-corrected chi connectivity index (χ4v) is 3.79. The zero-order valence-corrected chi connectivity index (χ0v) is 15.9. The lowest BCUT2D eigenvalue weighted by Gasteiger charge is -2.36. The molecule has 2 aromatic rings. The maximum absolute atomic E-state index is 12.6. The number of fused-ring (bicyclic) bond motifs is 1. The van der Waals surface area contributed by atoms with Crippen LogP contribution in [0.5, 0.6) is 0 Å². The van der Waals surface area contributed by atoms with E-state index in [1.54, 1.807) is 6.08 Å². The molecule has 6 heteroatoms. The van der Waals surface area contributed by atoms with Crippen molar-refractivity contribution in [1.29, 1.82) is 5.26 Å². The number of nitrogens with one attached hydrogen (secondary N) is 1. The fraction of sp³-hybridized carbons (Fsp3) is 0.429. The Morgan fingerprint density at radius 2 is 1.96 bits per heavy atom. The highest BCUT2D eigenvalue weighted by Gasteiger charge is 2.31. The monoisotopic (exact) mass is 363 g/mol. The number of amides is 1. The fourth-order valence-electron chi connectivity index (χ4n) is 3.79. The minimum absolute atomic E-state index is 0.311. The molecule has 1 aromatic carbocycles. The van der Waals surface area contributed by atoms with Gasteiger partial charge in [0.05, 0.1) is 17.1 Å². The number of carbonyl (C=O) groups is 1. The van der Waals surface area contributed by atoms with E-state index in [0.29, 0.717) is 35.4 Å². The zero-order valence-electron chi connectivity index (χ0n) is 15.9. The van der Waals surface area contributed by atoms with E-state index < -0.39 is 5.92 Å². The predicted molar refractivity (Wildman–Crippen MR) is 106 cm³/mol. The lowest BCUT2D eigenvalue weighted by atomic mass is 9.91. The zero-order chi connectivity index (χ0) is 19.4. The average Bonchev–Trinajstić information content (AvgIpc) is 2.65. The maximum atomic E-state index is 12.6. The van der Waals surface area contributed by atoms with Crippen molar-refractivity contribution >= 4 is 22.8 Å². The number of hydrogen-bond acceptors (Lipinski definition) is 5. The number of aromatic nitrogens is 2. The van der Waals surface area contributed by atoms with Gasteiger partial charge in [-0.15, -0.1) is 6.58 Å². The van der Waals surface area contributed by atoms with Crippen LogP contribution in [0.2, 0.25) is 0 Å². The van der Waals surface area contributed by atoms with Gasteiger partial charge in [0.25, 0.3) is 0 Å². The molecule has 0 unspecified atom stereocenters. The predicted octanol–water partition coefficient (Wildman–Crippen LogP) is 3.02. The van der Waals surface area contributed by atoms with Crippen LogP contribution in [0.25, 0.3) is 11.0 Å². The van der Waals surface area contributed by atoms with Crippen LogP contribution in [0.3, 0.4) is 0 Å². The number of piperidine rings is 1. The van der Waals surface area contributed by atoms with Crippen LogP contribution < -0.4 is 10.2 Å². The van der Waals surface area contributed by atoms with Crippen LogP contribution in [0.4, 0.5) is 5.82 Å². The number of anilines is 1. The molecule has 6 nitrogen and oxygen atoms in total. The molecule has 1 saturated heterocycles. The van der Waals surface area contributed by atoms with Crippen molar-refractivity contribution < 1.29 is 4.79 Å². The number of carbonyl (C=O) groups excluding carboxylic acids is 1. The minimum Gasteiger partial charge on any atom is -0.355 e. The van der Waals surface area contributed by atoms with Gasteiger partial charge in [-0.3, -0.25) is 4.79 Å². The van der Waals surface area contributed by atoms with Gasteiger partial charge in [-0.25, -0.2) is 9.97 Å². The third-order valence-corrected chi connectivity index (χ3v) is 4.83. The Bertz CT molecular complexity index is 878. The first-order valence-corrected chi connectivity index (χ1v) is 9.33. The summed E-state index contributed by atoms with van der Waals surface area (Å²) in [5.41, 5.74) is 1.88. The summed E-state index contributed by atoms with van der Waals surface area (Å²) < 4.78 is 0. The summed E-state index contributed by atoms with van der Waals surface area (Å²) in [6.45, 7) is 10.0.